The van der Waals surface area contributed by atoms with E-state index in [1.165, 1.54) is 18.5 Å². The lowest BCUT2D eigenvalue weighted by atomic mass is 10.00. The average Bonchev–Trinajstić information content (AvgIpc) is 2.57. The molecule has 74 valence electrons. The molecule has 0 aliphatic rings. The SMILES string of the molecule is CCC(CC)c1cncn1CCN. The second-order valence-corrected chi connectivity index (χ2v) is 3.31. The highest BCUT2D eigenvalue weighted by Crippen LogP contribution is 2.21. The van der Waals surface area contributed by atoms with Crippen molar-refractivity contribution in [3.63, 3.8) is 0 Å². The highest BCUT2D eigenvalue weighted by molar-refractivity contribution is 5.05. The molecule has 0 bridgehead atoms. The van der Waals surface area contributed by atoms with Crippen LogP contribution in [0.5, 0.6) is 0 Å². The number of aromatic nitrogens is 2. The summed E-state index contributed by atoms with van der Waals surface area (Å²) < 4.78 is 2.16. The van der Waals surface area contributed by atoms with E-state index in [0.717, 1.165) is 6.54 Å². The van der Waals surface area contributed by atoms with Gasteiger partial charge in [0.1, 0.15) is 0 Å². The first-order valence-corrected chi connectivity index (χ1v) is 5.03. The van der Waals surface area contributed by atoms with Crippen LogP contribution in [-0.2, 0) is 6.54 Å². The molecule has 1 aromatic heterocycles. The lowest BCUT2D eigenvalue weighted by molar-refractivity contribution is 0.566. The third-order valence-corrected chi connectivity index (χ3v) is 2.52. The van der Waals surface area contributed by atoms with E-state index in [4.69, 9.17) is 5.73 Å². The fraction of sp³-hybridized carbons (Fsp3) is 0.700. The van der Waals surface area contributed by atoms with Crippen molar-refractivity contribution in [1.29, 1.82) is 0 Å². The normalized spacial score (nSPS) is 11.1. The molecule has 1 rings (SSSR count). The van der Waals surface area contributed by atoms with E-state index >= 15 is 0 Å². The first-order chi connectivity index (χ1) is 6.33. The summed E-state index contributed by atoms with van der Waals surface area (Å²) in [5, 5.41) is 0. The van der Waals surface area contributed by atoms with Crippen molar-refractivity contribution in [3.05, 3.63) is 18.2 Å². The Morgan fingerprint density at radius 2 is 2.15 bits per heavy atom. The summed E-state index contributed by atoms with van der Waals surface area (Å²) in [6.45, 7) is 6.00. The zero-order chi connectivity index (χ0) is 9.68. The van der Waals surface area contributed by atoms with Crippen LogP contribution in [0, 0.1) is 0 Å². The largest absolute Gasteiger partial charge is 0.333 e. The average molecular weight is 181 g/mol. The molecule has 0 aromatic carbocycles. The molecular formula is C10H19N3. The van der Waals surface area contributed by atoms with Crippen molar-refractivity contribution in [3.8, 4) is 0 Å². The summed E-state index contributed by atoms with van der Waals surface area (Å²) in [5.41, 5.74) is 6.85. The molecule has 0 saturated carbocycles. The van der Waals surface area contributed by atoms with Gasteiger partial charge < -0.3 is 10.3 Å². The van der Waals surface area contributed by atoms with E-state index in [0.29, 0.717) is 12.5 Å². The van der Waals surface area contributed by atoms with Crippen molar-refractivity contribution in [2.45, 2.75) is 39.2 Å². The number of hydrogen-bond acceptors (Lipinski definition) is 2. The standard InChI is InChI=1S/C10H19N3/c1-3-9(4-2)10-7-12-8-13(10)6-5-11/h7-9H,3-6,11H2,1-2H3. The van der Waals surface area contributed by atoms with E-state index in [2.05, 4.69) is 23.4 Å². The predicted octanol–water partition coefficient (Wildman–Crippen LogP) is 1.75. The zero-order valence-corrected chi connectivity index (χ0v) is 8.53. The van der Waals surface area contributed by atoms with E-state index in [-0.39, 0.29) is 0 Å². The van der Waals surface area contributed by atoms with Crippen molar-refractivity contribution in [2.24, 2.45) is 5.73 Å². The van der Waals surface area contributed by atoms with E-state index in [1.807, 2.05) is 12.5 Å². The van der Waals surface area contributed by atoms with Crippen molar-refractivity contribution in [2.75, 3.05) is 6.54 Å². The maximum absolute atomic E-state index is 5.52. The molecule has 0 aliphatic carbocycles. The number of nitrogens with zero attached hydrogens (tertiary/aromatic N) is 2. The van der Waals surface area contributed by atoms with Gasteiger partial charge in [-0.2, -0.15) is 0 Å². The minimum Gasteiger partial charge on any atom is -0.333 e. The van der Waals surface area contributed by atoms with Crippen LogP contribution in [0.15, 0.2) is 12.5 Å². The van der Waals surface area contributed by atoms with Gasteiger partial charge in [-0.05, 0) is 12.8 Å². The lowest BCUT2D eigenvalue weighted by Crippen LogP contribution is -2.13. The first-order valence-electron chi connectivity index (χ1n) is 5.03. The highest BCUT2D eigenvalue weighted by Gasteiger charge is 2.11. The van der Waals surface area contributed by atoms with Gasteiger partial charge in [0.15, 0.2) is 0 Å². The molecule has 1 aromatic rings. The van der Waals surface area contributed by atoms with Crippen molar-refractivity contribution < 1.29 is 0 Å². The van der Waals surface area contributed by atoms with Crippen LogP contribution < -0.4 is 5.73 Å². The summed E-state index contributed by atoms with van der Waals surface area (Å²) in [6, 6.07) is 0. The second-order valence-electron chi connectivity index (χ2n) is 3.31. The van der Waals surface area contributed by atoms with E-state index in [9.17, 15) is 0 Å². The van der Waals surface area contributed by atoms with Crippen LogP contribution in [0.25, 0.3) is 0 Å². The summed E-state index contributed by atoms with van der Waals surface area (Å²) in [7, 11) is 0. The van der Waals surface area contributed by atoms with Crippen LogP contribution in [0.2, 0.25) is 0 Å². The molecule has 0 amide bonds. The predicted molar refractivity (Wildman–Crippen MR) is 54.6 cm³/mol. The molecule has 0 aliphatic heterocycles. The van der Waals surface area contributed by atoms with Crippen LogP contribution in [0.4, 0.5) is 0 Å². The molecule has 0 saturated heterocycles. The van der Waals surface area contributed by atoms with Gasteiger partial charge in [0.2, 0.25) is 0 Å². The number of nitrogens with two attached hydrogens (primary N) is 1. The van der Waals surface area contributed by atoms with E-state index < -0.39 is 0 Å². The van der Waals surface area contributed by atoms with Gasteiger partial charge in [0, 0.05) is 30.9 Å². The molecular weight excluding hydrogens is 162 g/mol. The molecule has 0 unspecified atom stereocenters. The first kappa shape index (κ1) is 10.3. The summed E-state index contributed by atoms with van der Waals surface area (Å²) in [4.78, 5) is 4.16. The molecule has 3 nitrogen and oxygen atoms in total. The fourth-order valence-corrected chi connectivity index (χ4v) is 1.70. The minimum atomic E-state index is 0.633. The molecule has 3 heteroatoms. The second kappa shape index (κ2) is 5.02. The zero-order valence-electron chi connectivity index (χ0n) is 8.53. The van der Waals surface area contributed by atoms with Gasteiger partial charge in [-0.15, -0.1) is 0 Å². The Morgan fingerprint density at radius 3 is 2.69 bits per heavy atom. The quantitative estimate of drug-likeness (QED) is 0.752. The van der Waals surface area contributed by atoms with Gasteiger partial charge >= 0.3 is 0 Å². The number of rotatable bonds is 5. The van der Waals surface area contributed by atoms with Crippen LogP contribution in [0.3, 0.4) is 0 Å². The summed E-state index contributed by atoms with van der Waals surface area (Å²) in [5.74, 6) is 0.633. The topological polar surface area (TPSA) is 43.8 Å². The molecule has 0 fully saturated rings. The maximum atomic E-state index is 5.52. The third-order valence-electron chi connectivity index (χ3n) is 2.52. The Morgan fingerprint density at radius 1 is 1.46 bits per heavy atom. The van der Waals surface area contributed by atoms with Crippen LogP contribution >= 0.6 is 0 Å². The molecule has 1 heterocycles. The van der Waals surface area contributed by atoms with Crippen molar-refractivity contribution >= 4 is 0 Å². The van der Waals surface area contributed by atoms with Gasteiger partial charge in [-0.25, -0.2) is 4.98 Å². The lowest BCUT2D eigenvalue weighted by Gasteiger charge is -2.14. The molecule has 0 atom stereocenters. The summed E-state index contributed by atoms with van der Waals surface area (Å²) >= 11 is 0. The fourth-order valence-electron chi connectivity index (χ4n) is 1.70. The Bertz CT molecular complexity index is 238. The smallest absolute Gasteiger partial charge is 0.0948 e. The highest BCUT2D eigenvalue weighted by atomic mass is 15.1. The monoisotopic (exact) mass is 181 g/mol. The van der Waals surface area contributed by atoms with Crippen molar-refractivity contribution in [1.82, 2.24) is 9.55 Å². The number of hydrogen-bond donors (Lipinski definition) is 1. The summed E-state index contributed by atoms with van der Waals surface area (Å²) in [6.07, 6.45) is 6.19. The van der Waals surface area contributed by atoms with E-state index in [1.54, 1.807) is 0 Å². The van der Waals surface area contributed by atoms with Gasteiger partial charge in [0.05, 0.1) is 6.33 Å². The van der Waals surface area contributed by atoms with Gasteiger partial charge in [0.25, 0.3) is 0 Å². The number of imidazole rings is 1. The maximum Gasteiger partial charge on any atom is 0.0948 e. The van der Waals surface area contributed by atoms with Gasteiger partial charge in [-0.1, -0.05) is 13.8 Å². The molecule has 0 radical (unpaired) electrons. The Hall–Kier alpha value is -0.830. The Kier molecular flexibility index (Phi) is 3.96. The Labute approximate surface area is 80.0 Å². The molecule has 2 N–H and O–H groups in total. The van der Waals surface area contributed by atoms with Crippen LogP contribution in [0.1, 0.15) is 38.3 Å². The third kappa shape index (κ3) is 2.31. The molecule has 13 heavy (non-hydrogen) atoms. The van der Waals surface area contributed by atoms with Crippen LogP contribution in [-0.4, -0.2) is 16.1 Å². The molecule has 0 spiro atoms. The Balaban J connectivity index is 2.78. The van der Waals surface area contributed by atoms with Gasteiger partial charge in [-0.3, -0.25) is 0 Å². The minimum absolute atomic E-state index is 0.633.